The van der Waals surface area contributed by atoms with Crippen molar-refractivity contribution < 1.29 is 4.79 Å². The van der Waals surface area contributed by atoms with E-state index in [1.54, 1.807) is 0 Å². The average Bonchev–Trinajstić information content (AvgIpc) is 3.09. The van der Waals surface area contributed by atoms with Crippen LogP contribution in [0.25, 0.3) is 11.4 Å². The van der Waals surface area contributed by atoms with Crippen LogP contribution in [0.3, 0.4) is 0 Å². The van der Waals surface area contributed by atoms with Gasteiger partial charge in [0.1, 0.15) is 0 Å². The molecule has 2 N–H and O–H groups in total. The van der Waals surface area contributed by atoms with Gasteiger partial charge in [0.15, 0.2) is 5.82 Å². The summed E-state index contributed by atoms with van der Waals surface area (Å²) in [6, 6.07) is 16.1. The molecule has 1 amide bonds. The van der Waals surface area contributed by atoms with Gasteiger partial charge in [-0.05, 0) is 25.0 Å². The second-order valence-electron chi connectivity index (χ2n) is 5.82. The number of hydrogen-bond acceptors (Lipinski definition) is 4. The molecule has 0 aliphatic carbocycles. The standard InChI is InChI=1S/C19H20N4OS/c1-13-7-9-15(10-8-13)18-21-19(23-22-18)25-12-17(24)20-11-16-6-4-3-5-14(16)2/h3-10H,11-12H2,1-2H3,(H,20,24)(H,21,22,23). The molecule has 0 unspecified atom stereocenters. The molecule has 128 valence electrons. The van der Waals surface area contributed by atoms with Crippen LogP contribution in [0.2, 0.25) is 0 Å². The van der Waals surface area contributed by atoms with E-state index >= 15 is 0 Å². The molecule has 0 bridgehead atoms. The molecule has 25 heavy (non-hydrogen) atoms. The Hall–Kier alpha value is -2.60. The van der Waals surface area contributed by atoms with Crippen LogP contribution in [-0.4, -0.2) is 26.8 Å². The molecule has 0 spiro atoms. The number of nitrogens with zero attached hydrogens (tertiary/aromatic N) is 2. The molecule has 5 nitrogen and oxygen atoms in total. The molecule has 3 aromatic rings. The van der Waals surface area contributed by atoms with E-state index < -0.39 is 0 Å². The van der Waals surface area contributed by atoms with Gasteiger partial charge in [-0.15, -0.1) is 5.10 Å². The zero-order chi connectivity index (χ0) is 17.6. The van der Waals surface area contributed by atoms with Crippen LogP contribution in [0.4, 0.5) is 0 Å². The van der Waals surface area contributed by atoms with E-state index in [2.05, 4.69) is 20.5 Å². The fourth-order valence-corrected chi connectivity index (χ4v) is 2.96. The zero-order valence-electron chi connectivity index (χ0n) is 14.2. The number of aromatic amines is 1. The Labute approximate surface area is 151 Å². The number of H-pyrrole nitrogens is 1. The maximum absolute atomic E-state index is 12.0. The summed E-state index contributed by atoms with van der Waals surface area (Å²) in [5.74, 6) is 0.967. The number of rotatable bonds is 6. The van der Waals surface area contributed by atoms with Crippen molar-refractivity contribution in [3.05, 3.63) is 65.2 Å². The fourth-order valence-electron chi connectivity index (χ4n) is 2.33. The monoisotopic (exact) mass is 352 g/mol. The van der Waals surface area contributed by atoms with Gasteiger partial charge in [-0.2, -0.15) is 0 Å². The minimum absolute atomic E-state index is 0.0325. The molecule has 2 aromatic carbocycles. The highest BCUT2D eigenvalue weighted by Gasteiger charge is 2.09. The summed E-state index contributed by atoms with van der Waals surface area (Å²) in [5, 5.41) is 10.6. The van der Waals surface area contributed by atoms with Gasteiger partial charge >= 0.3 is 0 Å². The Morgan fingerprint density at radius 1 is 1.12 bits per heavy atom. The Balaban J connectivity index is 1.51. The number of benzene rings is 2. The average molecular weight is 352 g/mol. The molecule has 0 aliphatic heterocycles. The van der Waals surface area contributed by atoms with Gasteiger partial charge in [-0.25, -0.2) is 4.98 Å². The van der Waals surface area contributed by atoms with Gasteiger partial charge < -0.3 is 5.32 Å². The van der Waals surface area contributed by atoms with Gasteiger partial charge in [0.05, 0.1) is 5.75 Å². The molecular weight excluding hydrogens is 332 g/mol. The van der Waals surface area contributed by atoms with E-state index in [0.717, 1.165) is 11.1 Å². The summed E-state index contributed by atoms with van der Waals surface area (Å²) < 4.78 is 0. The Kier molecular flexibility index (Phi) is 5.50. The van der Waals surface area contributed by atoms with Gasteiger partial charge in [0.2, 0.25) is 11.1 Å². The number of carbonyl (C=O) groups excluding carboxylic acids is 1. The number of carbonyl (C=O) groups is 1. The first kappa shape index (κ1) is 17.2. The highest BCUT2D eigenvalue weighted by Crippen LogP contribution is 2.19. The van der Waals surface area contributed by atoms with E-state index in [0.29, 0.717) is 17.5 Å². The van der Waals surface area contributed by atoms with E-state index in [4.69, 9.17) is 0 Å². The lowest BCUT2D eigenvalue weighted by atomic mass is 10.1. The lowest BCUT2D eigenvalue weighted by Gasteiger charge is -2.07. The second kappa shape index (κ2) is 7.98. The molecule has 0 saturated carbocycles. The van der Waals surface area contributed by atoms with Crippen LogP contribution in [0.15, 0.2) is 53.7 Å². The third-order valence-electron chi connectivity index (χ3n) is 3.86. The van der Waals surface area contributed by atoms with Crippen molar-refractivity contribution in [2.75, 3.05) is 5.75 Å². The predicted octanol–water partition coefficient (Wildman–Crippen LogP) is 3.50. The van der Waals surface area contributed by atoms with E-state index in [1.165, 1.54) is 22.9 Å². The summed E-state index contributed by atoms with van der Waals surface area (Å²) in [4.78, 5) is 16.4. The van der Waals surface area contributed by atoms with Crippen LogP contribution < -0.4 is 5.32 Å². The number of amides is 1. The van der Waals surface area contributed by atoms with Crippen molar-refractivity contribution in [1.29, 1.82) is 0 Å². The topological polar surface area (TPSA) is 70.7 Å². The lowest BCUT2D eigenvalue weighted by Crippen LogP contribution is -2.24. The molecule has 0 aliphatic rings. The summed E-state index contributed by atoms with van der Waals surface area (Å²) in [7, 11) is 0. The summed E-state index contributed by atoms with van der Waals surface area (Å²) in [6.07, 6.45) is 0. The normalized spacial score (nSPS) is 10.6. The number of hydrogen-bond donors (Lipinski definition) is 2. The smallest absolute Gasteiger partial charge is 0.230 e. The highest BCUT2D eigenvalue weighted by molar-refractivity contribution is 7.99. The fraction of sp³-hybridized carbons (Fsp3) is 0.211. The molecule has 3 rings (SSSR count). The second-order valence-corrected chi connectivity index (χ2v) is 6.77. The van der Waals surface area contributed by atoms with Gasteiger partial charge in [-0.3, -0.25) is 9.89 Å². The van der Waals surface area contributed by atoms with Crippen molar-refractivity contribution in [3.8, 4) is 11.4 Å². The molecule has 0 atom stereocenters. The minimum atomic E-state index is -0.0325. The summed E-state index contributed by atoms with van der Waals surface area (Å²) >= 11 is 1.32. The van der Waals surface area contributed by atoms with Gasteiger partial charge in [0, 0.05) is 12.1 Å². The quantitative estimate of drug-likeness (QED) is 0.666. The van der Waals surface area contributed by atoms with Crippen molar-refractivity contribution in [2.24, 2.45) is 0 Å². The zero-order valence-corrected chi connectivity index (χ0v) is 15.1. The SMILES string of the molecule is Cc1ccc(-c2nc(SCC(=O)NCc3ccccc3C)n[nH]2)cc1. The Morgan fingerprint density at radius 2 is 1.88 bits per heavy atom. The first-order chi connectivity index (χ1) is 12.1. The predicted molar refractivity (Wildman–Crippen MR) is 100 cm³/mol. The molecule has 1 heterocycles. The first-order valence-corrected chi connectivity index (χ1v) is 9.04. The van der Waals surface area contributed by atoms with Crippen LogP contribution in [-0.2, 0) is 11.3 Å². The summed E-state index contributed by atoms with van der Waals surface area (Å²) in [6.45, 7) is 4.62. The van der Waals surface area contributed by atoms with E-state index in [9.17, 15) is 4.79 Å². The number of nitrogens with one attached hydrogen (secondary N) is 2. The summed E-state index contributed by atoms with van der Waals surface area (Å²) in [5.41, 5.74) is 4.48. The van der Waals surface area contributed by atoms with Crippen LogP contribution in [0.5, 0.6) is 0 Å². The maximum Gasteiger partial charge on any atom is 0.230 e. The third kappa shape index (κ3) is 4.70. The molecule has 6 heteroatoms. The third-order valence-corrected chi connectivity index (χ3v) is 4.71. The van der Waals surface area contributed by atoms with E-state index in [-0.39, 0.29) is 11.7 Å². The number of aryl methyl sites for hydroxylation is 2. The van der Waals surface area contributed by atoms with Crippen LogP contribution in [0.1, 0.15) is 16.7 Å². The van der Waals surface area contributed by atoms with Crippen LogP contribution >= 0.6 is 11.8 Å². The van der Waals surface area contributed by atoms with E-state index in [1.807, 2.05) is 62.4 Å². The Bertz CT molecular complexity index is 858. The number of thioether (sulfide) groups is 1. The van der Waals surface area contributed by atoms with Gasteiger partial charge in [-0.1, -0.05) is 65.9 Å². The molecule has 0 radical (unpaired) electrons. The number of aromatic nitrogens is 3. The highest BCUT2D eigenvalue weighted by atomic mass is 32.2. The molecular formula is C19H20N4OS. The minimum Gasteiger partial charge on any atom is -0.351 e. The lowest BCUT2D eigenvalue weighted by molar-refractivity contribution is -0.118. The molecule has 1 aromatic heterocycles. The molecule has 0 fully saturated rings. The molecule has 0 saturated heterocycles. The van der Waals surface area contributed by atoms with Crippen molar-refractivity contribution in [3.63, 3.8) is 0 Å². The van der Waals surface area contributed by atoms with Crippen LogP contribution in [0, 0.1) is 13.8 Å². The largest absolute Gasteiger partial charge is 0.351 e. The maximum atomic E-state index is 12.0. The Morgan fingerprint density at radius 3 is 2.64 bits per heavy atom. The van der Waals surface area contributed by atoms with Crippen molar-refractivity contribution in [1.82, 2.24) is 20.5 Å². The van der Waals surface area contributed by atoms with Gasteiger partial charge in [0.25, 0.3) is 0 Å². The first-order valence-electron chi connectivity index (χ1n) is 8.05. The van der Waals surface area contributed by atoms with Crippen molar-refractivity contribution in [2.45, 2.75) is 25.5 Å². The van der Waals surface area contributed by atoms with Crippen molar-refractivity contribution >= 4 is 17.7 Å².